The van der Waals surface area contributed by atoms with Gasteiger partial charge in [-0.2, -0.15) is 0 Å². The smallest absolute Gasteiger partial charge is 0.191 e. The summed E-state index contributed by atoms with van der Waals surface area (Å²) >= 11 is 1.80. The van der Waals surface area contributed by atoms with Crippen LogP contribution in [0.2, 0.25) is 0 Å². The number of thiophene rings is 1. The van der Waals surface area contributed by atoms with E-state index in [2.05, 4.69) is 56.2 Å². The van der Waals surface area contributed by atoms with E-state index in [1.807, 2.05) is 13.1 Å². The number of hydrogen-bond acceptors (Lipinski definition) is 4. The second kappa shape index (κ2) is 12.3. The van der Waals surface area contributed by atoms with Gasteiger partial charge in [0.25, 0.3) is 0 Å². The van der Waals surface area contributed by atoms with Gasteiger partial charge in [-0.1, -0.05) is 18.2 Å². The molecule has 1 atom stereocenters. The molecule has 1 aromatic heterocycles. The van der Waals surface area contributed by atoms with Crippen molar-refractivity contribution in [3.8, 4) is 5.75 Å². The number of guanidine groups is 1. The first-order chi connectivity index (χ1) is 13.3. The third-order valence-electron chi connectivity index (χ3n) is 4.99. The molecule has 3 rings (SSSR count). The molecule has 1 saturated heterocycles. The highest BCUT2D eigenvalue weighted by molar-refractivity contribution is 14.0. The maximum absolute atomic E-state index is 5.43. The van der Waals surface area contributed by atoms with Crippen LogP contribution >= 0.6 is 35.3 Å². The molecule has 0 saturated carbocycles. The Bertz CT molecular complexity index is 717. The van der Waals surface area contributed by atoms with E-state index in [4.69, 9.17) is 4.74 Å². The zero-order valence-electron chi connectivity index (χ0n) is 16.7. The molecule has 2 heterocycles. The summed E-state index contributed by atoms with van der Waals surface area (Å²) in [7, 11) is 3.55. The fourth-order valence-corrected chi connectivity index (χ4v) is 4.24. The molecule has 7 heteroatoms. The molecule has 1 aromatic carbocycles. The van der Waals surface area contributed by atoms with Gasteiger partial charge in [-0.3, -0.25) is 9.89 Å². The molecule has 0 spiro atoms. The molecule has 1 fully saturated rings. The summed E-state index contributed by atoms with van der Waals surface area (Å²) in [6, 6.07) is 13.0. The number of aliphatic imine (C=N–C) groups is 1. The number of nitrogens with zero attached hydrogens (tertiary/aromatic N) is 2. The standard InChI is InChI=1S/C21H30N4OS.HI/c1-22-21(23-11-10-19-9-6-14-27-19)24-16-20(25-12-3-4-13-25)17-7-5-8-18(15-17)26-2;/h5-9,14-15,20H,3-4,10-13,16H2,1-2H3,(H2,22,23,24);1H. The maximum Gasteiger partial charge on any atom is 0.191 e. The van der Waals surface area contributed by atoms with Gasteiger partial charge in [0.1, 0.15) is 5.75 Å². The summed E-state index contributed by atoms with van der Waals surface area (Å²) in [5, 5.41) is 9.07. The van der Waals surface area contributed by atoms with Crippen molar-refractivity contribution in [2.24, 2.45) is 4.99 Å². The molecule has 154 valence electrons. The molecule has 1 aliphatic rings. The molecule has 0 amide bonds. The van der Waals surface area contributed by atoms with Crippen molar-refractivity contribution in [3.05, 3.63) is 52.2 Å². The van der Waals surface area contributed by atoms with Crippen molar-refractivity contribution < 1.29 is 4.74 Å². The summed E-state index contributed by atoms with van der Waals surface area (Å²) in [5.41, 5.74) is 1.29. The molecular weight excluding hydrogens is 483 g/mol. The Kier molecular flexibility index (Phi) is 10.1. The van der Waals surface area contributed by atoms with Crippen LogP contribution in [0.25, 0.3) is 0 Å². The topological polar surface area (TPSA) is 48.9 Å². The number of benzene rings is 1. The van der Waals surface area contributed by atoms with Gasteiger partial charge in [0.15, 0.2) is 5.96 Å². The van der Waals surface area contributed by atoms with Crippen LogP contribution < -0.4 is 15.4 Å². The van der Waals surface area contributed by atoms with Crippen molar-refractivity contribution in [3.63, 3.8) is 0 Å². The Labute approximate surface area is 189 Å². The van der Waals surface area contributed by atoms with E-state index in [0.717, 1.165) is 44.3 Å². The van der Waals surface area contributed by atoms with Gasteiger partial charge in [0, 0.05) is 25.0 Å². The number of likely N-dealkylation sites (tertiary alicyclic amines) is 1. The van der Waals surface area contributed by atoms with E-state index in [0.29, 0.717) is 6.04 Å². The van der Waals surface area contributed by atoms with E-state index in [9.17, 15) is 0 Å². The fourth-order valence-electron chi connectivity index (χ4n) is 3.53. The van der Waals surface area contributed by atoms with Crippen LogP contribution in [0.1, 0.15) is 29.3 Å². The second-order valence-electron chi connectivity index (χ2n) is 6.74. The molecule has 0 aliphatic carbocycles. The summed E-state index contributed by atoms with van der Waals surface area (Å²) in [5.74, 6) is 1.77. The first-order valence-corrected chi connectivity index (χ1v) is 10.5. The lowest BCUT2D eigenvalue weighted by Crippen LogP contribution is -2.43. The van der Waals surface area contributed by atoms with Crippen LogP contribution in [0.5, 0.6) is 5.75 Å². The molecule has 1 aliphatic heterocycles. The largest absolute Gasteiger partial charge is 0.497 e. The Balaban J connectivity index is 0.00000280. The van der Waals surface area contributed by atoms with E-state index < -0.39 is 0 Å². The fraction of sp³-hybridized carbons (Fsp3) is 0.476. The minimum Gasteiger partial charge on any atom is -0.497 e. The molecule has 28 heavy (non-hydrogen) atoms. The van der Waals surface area contributed by atoms with Gasteiger partial charge < -0.3 is 15.4 Å². The lowest BCUT2D eigenvalue weighted by atomic mass is 10.1. The molecule has 0 bridgehead atoms. The number of halogens is 1. The number of ether oxygens (including phenoxy) is 1. The van der Waals surface area contributed by atoms with Crippen molar-refractivity contribution in [2.45, 2.75) is 25.3 Å². The zero-order chi connectivity index (χ0) is 18.9. The first kappa shape index (κ1) is 23.0. The Morgan fingerprint density at radius 1 is 1.21 bits per heavy atom. The molecular formula is C21H31IN4OS. The van der Waals surface area contributed by atoms with E-state index in [1.165, 1.54) is 23.3 Å². The Hall–Kier alpha value is -1.32. The van der Waals surface area contributed by atoms with Crippen molar-refractivity contribution >= 4 is 41.3 Å². The van der Waals surface area contributed by atoms with Crippen molar-refractivity contribution in [2.75, 3.05) is 40.3 Å². The molecule has 1 unspecified atom stereocenters. The first-order valence-electron chi connectivity index (χ1n) is 9.65. The van der Waals surface area contributed by atoms with Gasteiger partial charge in [-0.15, -0.1) is 35.3 Å². The molecule has 0 radical (unpaired) electrons. The predicted octanol–water partition coefficient (Wildman–Crippen LogP) is 3.92. The van der Waals surface area contributed by atoms with Gasteiger partial charge in [-0.25, -0.2) is 0 Å². The third kappa shape index (κ3) is 6.63. The molecule has 5 nitrogen and oxygen atoms in total. The minimum atomic E-state index is 0. The van der Waals surface area contributed by atoms with Crippen molar-refractivity contribution in [1.82, 2.24) is 15.5 Å². The average Bonchev–Trinajstić information content (AvgIpc) is 3.41. The van der Waals surface area contributed by atoms with Crippen LogP contribution in [0.3, 0.4) is 0 Å². The van der Waals surface area contributed by atoms with Gasteiger partial charge >= 0.3 is 0 Å². The van der Waals surface area contributed by atoms with Crippen LogP contribution in [-0.2, 0) is 6.42 Å². The highest BCUT2D eigenvalue weighted by Gasteiger charge is 2.24. The summed E-state index contributed by atoms with van der Waals surface area (Å²) in [6.45, 7) is 4.00. The van der Waals surface area contributed by atoms with Gasteiger partial charge in [0.2, 0.25) is 0 Å². The molecule has 2 aromatic rings. The molecule has 2 N–H and O–H groups in total. The summed E-state index contributed by atoms with van der Waals surface area (Å²) in [6.07, 6.45) is 3.56. The number of rotatable bonds is 8. The Morgan fingerprint density at radius 2 is 2.04 bits per heavy atom. The lowest BCUT2D eigenvalue weighted by molar-refractivity contribution is 0.245. The highest BCUT2D eigenvalue weighted by Crippen LogP contribution is 2.27. The average molecular weight is 514 g/mol. The highest BCUT2D eigenvalue weighted by atomic mass is 127. The van der Waals surface area contributed by atoms with Crippen LogP contribution in [0.4, 0.5) is 0 Å². The monoisotopic (exact) mass is 514 g/mol. The number of hydrogen-bond donors (Lipinski definition) is 2. The quantitative estimate of drug-likeness (QED) is 0.319. The maximum atomic E-state index is 5.43. The number of methoxy groups -OCH3 is 1. The zero-order valence-corrected chi connectivity index (χ0v) is 19.8. The predicted molar refractivity (Wildman–Crippen MR) is 129 cm³/mol. The van der Waals surface area contributed by atoms with Crippen LogP contribution in [0.15, 0.2) is 46.8 Å². The third-order valence-corrected chi connectivity index (χ3v) is 5.93. The van der Waals surface area contributed by atoms with Crippen LogP contribution in [-0.4, -0.2) is 51.2 Å². The van der Waals surface area contributed by atoms with E-state index in [-0.39, 0.29) is 24.0 Å². The summed E-state index contributed by atoms with van der Waals surface area (Å²) < 4.78 is 5.43. The van der Waals surface area contributed by atoms with Crippen LogP contribution in [0, 0.1) is 0 Å². The van der Waals surface area contributed by atoms with E-state index >= 15 is 0 Å². The SMILES string of the molecule is CN=C(NCCc1cccs1)NCC(c1cccc(OC)c1)N1CCCC1.I. The number of nitrogens with one attached hydrogen (secondary N) is 2. The lowest BCUT2D eigenvalue weighted by Gasteiger charge is -2.29. The van der Waals surface area contributed by atoms with E-state index in [1.54, 1.807) is 18.4 Å². The van der Waals surface area contributed by atoms with Gasteiger partial charge in [-0.05, 0) is 61.5 Å². The van der Waals surface area contributed by atoms with Gasteiger partial charge in [0.05, 0.1) is 13.2 Å². The normalized spacial score (nSPS) is 15.7. The Morgan fingerprint density at radius 3 is 2.71 bits per heavy atom. The minimum absolute atomic E-state index is 0. The van der Waals surface area contributed by atoms with Crippen molar-refractivity contribution in [1.29, 1.82) is 0 Å². The second-order valence-corrected chi connectivity index (χ2v) is 7.78. The summed E-state index contributed by atoms with van der Waals surface area (Å²) in [4.78, 5) is 8.34.